The van der Waals surface area contributed by atoms with Gasteiger partial charge >= 0.3 is 6.09 Å². The average molecular weight is 659 g/mol. The number of fused-ring (bicyclic) bond motifs is 4. The van der Waals surface area contributed by atoms with Crippen molar-refractivity contribution in [2.24, 2.45) is 56.7 Å². The first-order chi connectivity index (χ1) is 22.3. The maximum absolute atomic E-state index is 13.0. The molecule has 2 aliphatic heterocycles. The Morgan fingerprint density at radius 1 is 1.02 bits per heavy atom. The summed E-state index contributed by atoms with van der Waals surface area (Å²) in [5, 5.41) is 15.6. The van der Waals surface area contributed by atoms with Gasteiger partial charge in [0.25, 0.3) is 0 Å². The van der Waals surface area contributed by atoms with E-state index >= 15 is 0 Å². The predicted molar refractivity (Wildman–Crippen MR) is 182 cm³/mol. The van der Waals surface area contributed by atoms with E-state index in [0.29, 0.717) is 48.2 Å². The lowest BCUT2D eigenvalue weighted by molar-refractivity contribution is -0.190. The van der Waals surface area contributed by atoms with Crippen LogP contribution in [0.1, 0.15) is 107 Å². The minimum Gasteiger partial charge on any atom is -0.446 e. The van der Waals surface area contributed by atoms with E-state index in [1.54, 1.807) is 0 Å². The number of alkyl carbamates (subject to hydrolysis) is 1. The molecular formula is C39H66N2O6. The molecule has 1 amide bonds. The number of amides is 1. The second kappa shape index (κ2) is 12.1. The quantitative estimate of drug-likeness (QED) is 0.317. The predicted octanol–water partition coefficient (Wildman–Crippen LogP) is 6.29. The van der Waals surface area contributed by atoms with Crippen LogP contribution in [-0.4, -0.2) is 92.6 Å². The van der Waals surface area contributed by atoms with Crippen LogP contribution in [0.25, 0.3) is 0 Å². The van der Waals surface area contributed by atoms with Gasteiger partial charge in [-0.1, -0.05) is 48.5 Å². The molecule has 2 heterocycles. The van der Waals surface area contributed by atoms with Crippen LogP contribution >= 0.6 is 0 Å². The number of ether oxygens (including phenoxy) is 4. The van der Waals surface area contributed by atoms with Crippen molar-refractivity contribution in [3.63, 3.8) is 0 Å². The lowest BCUT2D eigenvalue weighted by Gasteiger charge is -2.63. The van der Waals surface area contributed by atoms with Gasteiger partial charge in [-0.15, -0.1) is 0 Å². The second-order valence-electron chi connectivity index (χ2n) is 18.5. The van der Waals surface area contributed by atoms with Crippen molar-refractivity contribution >= 4 is 6.09 Å². The number of carbonyl (C=O) groups is 1. The summed E-state index contributed by atoms with van der Waals surface area (Å²) in [6, 6.07) is 0. The summed E-state index contributed by atoms with van der Waals surface area (Å²) >= 11 is 0. The normalized spacial score (nSPS) is 49.1. The SMILES string of the molecule is CCOC(C(C)C)C1CC(C)C2C(O1)C(O)C1(C)C3CCC4C(C)(C)C(OC(=O)NCCN5CCOCC5)CCC45CC35CCC21C. The Morgan fingerprint density at radius 3 is 2.43 bits per heavy atom. The highest BCUT2D eigenvalue weighted by Crippen LogP contribution is 2.89. The Morgan fingerprint density at radius 2 is 1.72 bits per heavy atom. The Kier molecular flexibility index (Phi) is 8.88. The van der Waals surface area contributed by atoms with E-state index in [4.69, 9.17) is 18.9 Å². The first kappa shape index (κ1) is 34.5. The maximum Gasteiger partial charge on any atom is 0.407 e. The van der Waals surface area contributed by atoms with E-state index in [1.165, 1.54) is 19.3 Å². The van der Waals surface area contributed by atoms with Gasteiger partial charge in [0.2, 0.25) is 0 Å². The third-order valence-electron chi connectivity index (χ3n) is 16.2. The fraction of sp³-hybridized carbons (Fsp3) is 0.974. The first-order valence-corrected chi connectivity index (χ1v) is 19.5. The number of carbonyl (C=O) groups excluding carboxylic acids is 1. The third-order valence-corrected chi connectivity index (χ3v) is 16.2. The van der Waals surface area contributed by atoms with Crippen LogP contribution in [0.3, 0.4) is 0 Å². The molecule has 7 aliphatic rings. The summed E-state index contributed by atoms with van der Waals surface area (Å²) in [4.78, 5) is 15.4. The molecule has 47 heavy (non-hydrogen) atoms. The van der Waals surface area contributed by atoms with Crippen molar-refractivity contribution in [2.75, 3.05) is 46.0 Å². The van der Waals surface area contributed by atoms with E-state index < -0.39 is 6.10 Å². The zero-order chi connectivity index (χ0) is 33.6. The van der Waals surface area contributed by atoms with Crippen LogP contribution in [-0.2, 0) is 18.9 Å². The van der Waals surface area contributed by atoms with Crippen LogP contribution < -0.4 is 5.32 Å². The topological polar surface area (TPSA) is 89.5 Å². The van der Waals surface area contributed by atoms with Crippen molar-refractivity contribution < 1.29 is 28.8 Å². The lowest BCUT2D eigenvalue weighted by Crippen LogP contribution is -2.60. The maximum atomic E-state index is 13.0. The van der Waals surface area contributed by atoms with Crippen molar-refractivity contribution in [1.82, 2.24) is 10.2 Å². The standard InChI is InChI=1S/C39H66N2O6/c1-9-45-31(24(2)3)26-22-25(4)30-32(46-26)33(42)37(8)28-11-10-27-35(5,6)29(47-34(43)40-16-17-41-18-20-44-21-19-41)12-13-38(27)23-39(28,38)15-14-36(30,37)7/h24-33,42H,9-23H2,1-8H3,(H,40,43). The molecule has 8 nitrogen and oxygen atoms in total. The number of aliphatic hydroxyl groups is 1. The molecule has 13 unspecified atom stereocenters. The molecule has 268 valence electrons. The monoisotopic (exact) mass is 658 g/mol. The molecule has 2 N–H and O–H groups in total. The highest BCUT2D eigenvalue weighted by atomic mass is 16.6. The zero-order valence-electron chi connectivity index (χ0n) is 30.8. The van der Waals surface area contributed by atoms with E-state index in [1.807, 2.05) is 0 Å². The summed E-state index contributed by atoms with van der Waals surface area (Å²) in [7, 11) is 0. The highest BCUT2D eigenvalue weighted by Gasteiger charge is 2.84. The van der Waals surface area contributed by atoms with Gasteiger partial charge in [-0.3, -0.25) is 4.90 Å². The zero-order valence-corrected chi connectivity index (χ0v) is 30.8. The number of nitrogens with one attached hydrogen (secondary N) is 1. The molecule has 0 aromatic rings. The Bertz CT molecular complexity index is 1170. The van der Waals surface area contributed by atoms with Gasteiger partial charge in [0.1, 0.15) is 6.10 Å². The number of hydrogen-bond acceptors (Lipinski definition) is 7. The molecule has 7 fully saturated rings. The van der Waals surface area contributed by atoms with E-state index in [0.717, 1.165) is 65.0 Å². The van der Waals surface area contributed by atoms with Crippen molar-refractivity contribution in [2.45, 2.75) is 137 Å². The summed E-state index contributed by atoms with van der Waals surface area (Å²) in [6.07, 6.45) is 8.33. The summed E-state index contributed by atoms with van der Waals surface area (Å²) in [6.45, 7) is 24.3. The van der Waals surface area contributed by atoms with Crippen LogP contribution in [0, 0.1) is 56.7 Å². The van der Waals surface area contributed by atoms with Crippen LogP contribution in [0.2, 0.25) is 0 Å². The smallest absolute Gasteiger partial charge is 0.407 e. The second-order valence-corrected chi connectivity index (χ2v) is 18.5. The fourth-order valence-electron chi connectivity index (χ4n) is 14.0. The van der Waals surface area contributed by atoms with Gasteiger partial charge in [-0.25, -0.2) is 4.79 Å². The molecule has 0 radical (unpaired) electrons. The Labute approximate surface area is 284 Å². The van der Waals surface area contributed by atoms with Gasteiger partial charge in [0.15, 0.2) is 0 Å². The van der Waals surface area contributed by atoms with E-state index in [-0.39, 0.29) is 52.2 Å². The minimum absolute atomic E-state index is 0.0396. The highest BCUT2D eigenvalue weighted by molar-refractivity contribution is 5.67. The number of nitrogens with zero attached hydrogens (tertiary/aromatic N) is 1. The first-order valence-electron chi connectivity index (χ1n) is 19.5. The third kappa shape index (κ3) is 4.94. The number of morpholine rings is 1. The van der Waals surface area contributed by atoms with E-state index in [9.17, 15) is 9.90 Å². The Balaban J connectivity index is 1.06. The van der Waals surface area contributed by atoms with Crippen LogP contribution in [0.5, 0.6) is 0 Å². The van der Waals surface area contributed by atoms with Crippen LogP contribution in [0.15, 0.2) is 0 Å². The van der Waals surface area contributed by atoms with Gasteiger partial charge in [-0.05, 0) is 104 Å². The fourth-order valence-corrected chi connectivity index (χ4v) is 14.0. The minimum atomic E-state index is -0.456. The summed E-state index contributed by atoms with van der Waals surface area (Å²) in [5.41, 5.74) is 0.400. The molecule has 0 aromatic carbocycles. The molecule has 7 rings (SSSR count). The van der Waals surface area contributed by atoms with Gasteiger partial charge in [0, 0.05) is 43.6 Å². The molecular weight excluding hydrogens is 592 g/mol. The molecule has 5 saturated carbocycles. The molecule has 2 spiro atoms. The van der Waals surface area contributed by atoms with Gasteiger partial charge < -0.3 is 29.4 Å². The summed E-state index contributed by atoms with van der Waals surface area (Å²) in [5.74, 6) is 2.29. The molecule has 8 heteroatoms. The van der Waals surface area contributed by atoms with Crippen molar-refractivity contribution in [3.8, 4) is 0 Å². The molecule has 5 aliphatic carbocycles. The van der Waals surface area contributed by atoms with Gasteiger partial charge in [0.05, 0.1) is 37.6 Å². The number of aliphatic hydroxyl groups excluding tert-OH is 1. The van der Waals surface area contributed by atoms with Gasteiger partial charge in [-0.2, -0.15) is 0 Å². The molecule has 2 saturated heterocycles. The molecule has 0 aromatic heterocycles. The van der Waals surface area contributed by atoms with Crippen molar-refractivity contribution in [1.29, 1.82) is 0 Å². The van der Waals surface area contributed by atoms with Crippen molar-refractivity contribution in [3.05, 3.63) is 0 Å². The largest absolute Gasteiger partial charge is 0.446 e. The average Bonchev–Trinajstić information content (AvgIpc) is 3.66. The van der Waals surface area contributed by atoms with E-state index in [2.05, 4.69) is 65.6 Å². The number of rotatable bonds is 8. The number of hydrogen-bond donors (Lipinski definition) is 2. The molecule has 0 bridgehead atoms. The van der Waals surface area contributed by atoms with Crippen LogP contribution in [0.4, 0.5) is 4.79 Å². The molecule has 13 atom stereocenters. The Hall–Kier alpha value is -0.930. The summed E-state index contributed by atoms with van der Waals surface area (Å²) < 4.78 is 25.0. The lowest BCUT2D eigenvalue weighted by atomic mass is 9.41.